The molecule has 0 radical (unpaired) electrons. The second-order valence-electron chi connectivity index (χ2n) is 6.11. The molecule has 4 rings (SSSR count). The third-order valence-corrected chi connectivity index (χ3v) is 7.36. The van der Waals surface area contributed by atoms with E-state index < -0.39 is 0 Å². The summed E-state index contributed by atoms with van der Waals surface area (Å²) in [6.07, 6.45) is 0.964. The van der Waals surface area contributed by atoms with Crippen LogP contribution in [0.25, 0.3) is 10.7 Å². The zero-order chi connectivity index (χ0) is 18.6. The summed E-state index contributed by atoms with van der Waals surface area (Å²) in [6, 6.07) is 12.5. The van der Waals surface area contributed by atoms with E-state index in [-0.39, 0.29) is 11.9 Å². The fourth-order valence-electron chi connectivity index (χ4n) is 3.13. The monoisotopic (exact) mass is 416 g/mol. The van der Waals surface area contributed by atoms with Crippen LogP contribution in [0.15, 0.2) is 51.8 Å². The van der Waals surface area contributed by atoms with Crippen molar-refractivity contribution in [2.24, 2.45) is 0 Å². The standard InChI is InChI=1S/C19H20N4OS3/c1-2-23-18(16-8-5-10-25-16)21-22-19(23)27-12-17(24)20-14-9-11-26-15-7-4-3-6-13(14)15/h3-8,10,14H,2,9,11-12H2,1H3,(H,20,24)/t14-/m0/s1. The summed E-state index contributed by atoms with van der Waals surface area (Å²) >= 11 is 4.95. The van der Waals surface area contributed by atoms with Crippen LogP contribution in [0, 0.1) is 0 Å². The molecule has 0 fully saturated rings. The summed E-state index contributed by atoms with van der Waals surface area (Å²) in [5, 5.41) is 14.6. The van der Waals surface area contributed by atoms with Crippen LogP contribution in [0.2, 0.25) is 0 Å². The molecule has 2 aromatic heterocycles. The van der Waals surface area contributed by atoms with Crippen molar-refractivity contribution in [1.82, 2.24) is 20.1 Å². The Morgan fingerprint density at radius 3 is 3.00 bits per heavy atom. The van der Waals surface area contributed by atoms with E-state index in [1.807, 2.05) is 35.3 Å². The van der Waals surface area contributed by atoms with Gasteiger partial charge in [-0.1, -0.05) is 36.0 Å². The molecule has 0 bridgehead atoms. The normalized spacial score (nSPS) is 16.1. The molecular weight excluding hydrogens is 396 g/mol. The zero-order valence-corrected chi connectivity index (χ0v) is 17.4. The number of aromatic nitrogens is 3. The first kappa shape index (κ1) is 18.6. The van der Waals surface area contributed by atoms with Crippen molar-refractivity contribution in [1.29, 1.82) is 0 Å². The fraction of sp³-hybridized carbons (Fsp3) is 0.316. The van der Waals surface area contributed by atoms with Gasteiger partial charge >= 0.3 is 0 Å². The molecule has 3 heterocycles. The van der Waals surface area contributed by atoms with Crippen molar-refractivity contribution in [3.8, 4) is 10.7 Å². The molecule has 0 spiro atoms. The largest absolute Gasteiger partial charge is 0.348 e. The minimum atomic E-state index is 0.0371. The third kappa shape index (κ3) is 4.07. The maximum Gasteiger partial charge on any atom is 0.230 e. The number of thioether (sulfide) groups is 2. The Kier molecular flexibility index (Phi) is 5.85. The van der Waals surface area contributed by atoms with Gasteiger partial charge in [0.15, 0.2) is 11.0 Å². The molecule has 8 heteroatoms. The molecule has 3 aromatic rings. The van der Waals surface area contributed by atoms with E-state index in [0.29, 0.717) is 5.75 Å². The van der Waals surface area contributed by atoms with Gasteiger partial charge in [0.1, 0.15) is 0 Å². The first-order valence-electron chi connectivity index (χ1n) is 8.87. The third-order valence-electron chi connectivity index (χ3n) is 4.40. The number of amides is 1. The number of hydrogen-bond donors (Lipinski definition) is 1. The van der Waals surface area contributed by atoms with Gasteiger partial charge in [0.25, 0.3) is 0 Å². The molecule has 27 heavy (non-hydrogen) atoms. The molecule has 1 atom stereocenters. The molecule has 0 unspecified atom stereocenters. The number of carbonyl (C=O) groups excluding carboxylic acids is 1. The van der Waals surface area contributed by atoms with Gasteiger partial charge in [-0.25, -0.2) is 0 Å². The Morgan fingerprint density at radius 2 is 2.19 bits per heavy atom. The summed E-state index contributed by atoms with van der Waals surface area (Å²) in [6.45, 7) is 2.85. The van der Waals surface area contributed by atoms with Crippen molar-refractivity contribution < 1.29 is 4.79 Å². The Hall–Kier alpha value is -1.77. The van der Waals surface area contributed by atoms with E-state index in [9.17, 15) is 4.79 Å². The van der Waals surface area contributed by atoms with E-state index in [4.69, 9.17) is 0 Å². The number of fused-ring (bicyclic) bond motifs is 1. The highest BCUT2D eigenvalue weighted by atomic mass is 32.2. The molecule has 0 aliphatic carbocycles. The lowest BCUT2D eigenvalue weighted by molar-refractivity contribution is -0.119. The van der Waals surface area contributed by atoms with Gasteiger partial charge in [0.2, 0.25) is 5.91 Å². The highest BCUT2D eigenvalue weighted by Gasteiger charge is 2.22. The average molecular weight is 417 g/mol. The van der Waals surface area contributed by atoms with Crippen LogP contribution in [0.3, 0.4) is 0 Å². The predicted molar refractivity (Wildman–Crippen MR) is 112 cm³/mol. The van der Waals surface area contributed by atoms with Gasteiger partial charge in [0.05, 0.1) is 16.7 Å². The van der Waals surface area contributed by atoms with E-state index in [2.05, 4.69) is 45.2 Å². The van der Waals surface area contributed by atoms with Crippen LogP contribution in [-0.4, -0.2) is 32.2 Å². The summed E-state index contributed by atoms with van der Waals surface area (Å²) in [7, 11) is 0. The van der Waals surface area contributed by atoms with E-state index in [1.54, 1.807) is 11.3 Å². The van der Waals surface area contributed by atoms with Gasteiger partial charge in [-0.05, 0) is 36.4 Å². The first-order chi connectivity index (χ1) is 13.3. The van der Waals surface area contributed by atoms with E-state index in [0.717, 1.165) is 34.6 Å². The maximum atomic E-state index is 12.5. The van der Waals surface area contributed by atoms with Crippen LogP contribution in [0.5, 0.6) is 0 Å². The van der Waals surface area contributed by atoms with Crippen molar-refractivity contribution in [2.45, 2.75) is 36.0 Å². The van der Waals surface area contributed by atoms with Gasteiger partial charge in [-0.3, -0.25) is 4.79 Å². The van der Waals surface area contributed by atoms with Crippen molar-refractivity contribution >= 4 is 40.8 Å². The van der Waals surface area contributed by atoms with Crippen LogP contribution < -0.4 is 5.32 Å². The molecule has 0 saturated heterocycles. The van der Waals surface area contributed by atoms with Crippen molar-refractivity contribution in [3.63, 3.8) is 0 Å². The molecule has 1 aromatic carbocycles. The summed E-state index contributed by atoms with van der Waals surface area (Å²) in [4.78, 5) is 14.9. The lowest BCUT2D eigenvalue weighted by Gasteiger charge is -2.25. The second-order valence-corrected chi connectivity index (χ2v) is 9.14. The number of hydrogen-bond acceptors (Lipinski definition) is 6. The molecule has 0 saturated carbocycles. The van der Waals surface area contributed by atoms with Crippen LogP contribution >= 0.6 is 34.9 Å². The predicted octanol–water partition coefficient (Wildman–Crippen LogP) is 4.47. The van der Waals surface area contributed by atoms with Crippen molar-refractivity contribution in [3.05, 3.63) is 47.3 Å². The summed E-state index contributed by atoms with van der Waals surface area (Å²) in [5.41, 5.74) is 1.23. The number of rotatable bonds is 6. The summed E-state index contributed by atoms with van der Waals surface area (Å²) < 4.78 is 2.07. The molecule has 1 N–H and O–H groups in total. The molecule has 1 aliphatic heterocycles. The lowest BCUT2D eigenvalue weighted by Crippen LogP contribution is -2.31. The molecule has 5 nitrogen and oxygen atoms in total. The van der Waals surface area contributed by atoms with Crippen LogP contribution in [0.1, 0.15) is 24.9 Å². The van der Waals surface area contributed by atoms with Gasteiger partial charge < -0.3 is 9.88 Å². The van der Waals surface area contributed by atoms with Gasteiger partial charge in [-0.2, -0.15) is 0 Å². The number of nitrogens with one attached hydrogen (secondary N) is 1. The van der Waals surface area contributed by atoms with Gasteiger partial charge in [0, 0.05) is 17.2 Å². The highest BCUT2D eigenvalue weighted by Crippen LogP contribution is 2.36. The molecule has 140 valence electrons. The van der Waals surface area contributed by atoms with Gasteiger partial charge in [-0.15, -0.1) is 33.3 Å². The van der Waals surface area contributed by atoms with E-state index in [1.165, 1.54) is 22.2 Å². The Morgan fingerprint density at radius 1 is 1.30 bits per heavy atom. The van der Waals surface area contributed by atoms with Crippen LogP contribution in [0.4, 0.5) is 0 Å². The molecule has 1 aliphatic rings. The lowest BCUT2D eigenvalue weighted by atomic mass is 10.0. The Labute approximate surface area is 171 Å². The SMILES string of the molecule is CCn1c(SCC(=O)N[C@H]2CCSc3ccccc32)nnc1-c1cccs1. The minimum Gasteiger partial charge on any atom is -0.348 e. The minimum absolute atomic E-state index is 0.0371. The number of nitrogens with zero attached hydrogens (tertiary/aromatic N) is 3. The number of benzene rings is 1. The van der Waals surface area contributed by atoms with Crippen LogP contribution in [-0.2, 0) is 11.3 Å². The van der Waals surface area contributed by atoms with E-state index >= 15 is 0 Å². The maximum absolute atomic E-state index is 12.5. The highest BCUT2D eigenvalue weighted by molar-refractivity contribution is 7.99. The summed E-state index contributed by atoms with van der Waals surface area (Å²) in [5.74, 6) is 2.28. The topological polar surface area (TPSA) is 59.8 Å². The second kappa shape index (κ2) is 8.50. The molecular formula is C19H20N4OS3. The smallest absolute Gasteiger partial charge is 0.230 e. The fourth-order valence-corrected chi connectivity index (χ4v) is 5.78. The molecule has 1 amide bonds. The quantitative estimate of drug-likeness (QED) is 0.601. The Balaban J connectivity index is 1.41. The average Bonchev–Trinajstić information content (AvgIpc) is 3.36. The number of thiophene rings is 1. The zero-order valence-electron chi connectivity index (χ0n) is 14.9. The van der Waals surface area contributed by atoms with Crippen molar-refractivity contribution in [2.75, 3.05) is 11.5 Å². The number of carbonyl (C=O) groups is 1. The first-order valence-corrected chi connectivity index (χ1v) is 11.7. The Bertz CT molecular complexity index is 923.